The molecular weight excluding hydrogens is 346 g/mol. The van der Waals surface area contributed by atoms with E-state index in [1.807, 2.05) is 17.7 Å². The van der Waals surface area contributed by atoms with Crippen LogP contribution in [0.3, 0.4) is 0 Å². The summed E-state index contributed by atoms with van der Waals surface area (Å²) in [6, 6.07) is 8.90. The Labute approximate surface area is 156 Å². The van der Waals surface area contributed by atoms with E-state index in [0.717, 1.165) is 17.9 Å². The van der Waals surface area contributed by atoms with Crippen molar-refractivity contribution in [3.63, 3.8) is 0 Å². The fourth-order valence-corrected chi connectivity index (χ4v) is 2.85. The van der Waals surface area contributed by atoms with Gasteiger partial charge in [-0.05, 0) is 37.6 Å². The van der Waals surface area contributed by atoms with E-state index in [0.29, 0.717) is 30.7 Å². The van der Waals surface area contributed by atoms with Gasteiger partial charge in [-0.15, -0.1) is 0 Å². The number of nitrogens with zero attached hydrogens (tertiary/aromatic N) is 4. The number of aryl methyl sites for hydroxylation is 1. The molecule has 3 aromatic rings. The van der Waals surface area contributed by atoms with Crippen molar-refractivity contribution in [2.75, 3.05) is 18.5 Å². The highest BCUT2D eigenvalue weighted by atomic mass is 16.5. The van der Waals surface area contributed by atoms with Crippen LogP contribution in [-0.2, 0) is 9.53 Å². The molecule has 1 atom stereocenters. The number of nitrogens with one attached hydrogen (secondary N) is 1. The van der Waals surface area contributed by atoms with Crippen molar-refractivity contribution in [1.29, 1.82) is 0 Å². The fraction of sp³-hybridized carbons (Fsp3) is 0.263. The summed E-state index contributed by atoms with van der Waals surface area (Å²) in [4.78, 5) is 24.7. The topological polar surface area (TPSA) is 91.2 Å². The van der Waals surface area contributed by atoms with Crippen LogP contribution in [0, 0.1) is 12.8 Å². The van der Waals surface area contributed by atoms with Crippen molar-refractivity contribution in [2.24, 2.45) is 5.92 Å². The van der Waals surface area contributed by atoms with E-state index < -0.39 is 0 Å². The van der Waals surface area contributed by atoms with Crippen molar-refractivity contribution in [2.45, 2.75) is 13.3 Å². The highest BCUT2D eigenvalue weighted by molar-refractivity contribution is 5.92. The average Bonchev–Trinajstić information content (AvgIpc) is 3.35. The maximum absolute atomic E-state index is 12.1. The molecule has 0 spiro atoms. The third-order valence-electron chi connectivity index (χ3n) is 4.34. The highest BCUT2D eigenvalue weighted by Crippen LogP contribution is 2.23. The zero-order valence-corrected chi connectivity index (χ0v) is 14.8. The first kappa shape index (κ1) is 17.2. The predicted molar refractivity (Wildman–Crippen MR) is 98.0 cm³/mol. The minimum atomic E-state index is -0.0769. The Kier molecular flexibility index (Phi) is 4.80. The van der Waals surface area contributed by atoms with Gasteiger partial charge in [0.1, 0.15) is 23.7 Å². The Morgan fingerprint density at radius 3 is 2.81 bits per heavy atom. The van der Waals surface area contributed by atoms with Crippen molar-refractivity contribution < 1.29 is 14.3 Å². The van der Waals surface area contributed by atoms with E-state index in [1.165, 1.54) is 6.33 Å². The molecule has 8 heteroatoms. The number of aromatic nitrogens is 4. The number of hydrogen-bond acceptors (Lipinski definition) is 6. The molecule has 27 heavy (non-hydrogen) atoms. The molecule has 138 valence electrons. The Hall–Kier alpha value is -3.26. The first-order valence-electron chi connectivity index (χ1n) is 8.68. The van der Waals surface area contributed by atoms with E-state index >= 15 is 0 Å². The molecule has 0 saturated carbocycles. The molecule has 1 aliphatic heterocycles. The maximum atomic E-state index is 12.1. The van der Waals surface area contributed by atoms with Crippen LogP contribution in [-0.4, -0.2) is 38.6 Å². The average molecular weight is 365 g/mol. The van der Waals surface area contributed by atoms with Crippen LogP contribution in [0.25, 0.3) is 5.82 Å². The van der Waals surface area contributed by atoms with Gasteiger partial charge in [-0.1, -0.05) is 0 Å². The maximum Gasteiger partial charge on any atom is 0.229 e. The fourth-order valence-electron chi connectivity index (χ4n) is 2.85. The van der Waals surface area contributed by atoms with E-state index in [4.69, 9.17) is 9.47 Å². The number of rotatable bonds is 5. The number of ether oxygens (including phenoxy) is 2. The Bertz CT molecular complexity index is 933. The molecule has 0 aliphatic carbocycles. The molecule has 1 aliphatic rings. The summed E-state index contributed by atoms with van der Waals surface area (Å²) in [6.45, 7) is 3.03. The summed E-state index contributed by atoms with van der Waals surface area (Å²) < 4.78 is 12.9. The molecule has 1 N–H and O–H groups in total. The van der Waals surface area contributed by atoms with Crippen molar-refractivity contribution in [3.8, 4) is 17.4 Å². The van der Waals surface area contributed by atoms with Crippen molar-refractivity contribution in [3.05, 3.63) is 54.9 Å². The zero-order chi connectivity index (χ0) is 18.6. The van der Waals surface area contributed by atoms with Crippen LogP contribution in [0.4, 0.5) is 5.69 Å². The number of carbonyl (C=O) groups excluding carboxylic acids is 1. The second-order valence-corrected chi connectivity index (χ2v) is 6.24. The van der Waals surface area contributed by atoms with Crippen LogP contribution in [0.5, 0.6) is 11.6 Å². The lowest BCUT2D eigenvalue weighted by Gasteiger charge is -2.10. The van der Waals surface area contributed by atoms with Gasteiger partial charge in [0.15, 0.2) is 0 Å². The zero-order valence-electron chi connectivity index (χ0n) is 14.8. The van der Waals surface area contributed by atoms with Gasteiger partial charge in [-0.25, -0.2) is 15.0 Å². The molecule has 8 nitrogen and oxygen atoms in total. The number of amides is 1. The summed E-state index contributed by atoms with van der Waals surface area (Å²) in [6.07, 6.45) is 5.75. The lowest BCUT2D eigenvalue weighted by atomic mass is 10.1. The molecule has 2 aromatic heterocycles. The van der Waals surface area contributed by atoms with Gasteiger partial charge in [0.2, 0.25) is 11.8 Å². The number of carbonyl (C=O) groups is 1. The van der Waals surface area contributed by atoms with Crippen molar-refractivity contribution in [1.82, 2.24) is 19.5 Å². The largest absolute Gasteiger partial charge is 0.439 e. The lowest BCUT2D eigenvalue weighted by molar-refractivity contribution is -0.119. The predicted octanol–water partition coefficient (Wildman–Crippen LogP) is 2.74. The van der Waals surface area contributed by atoms with Crippen LogP contribution in [0.15, 0.2) is 49.1 Å². The molecule has 0 radical (unpaired) electrons. The Morgan fingerprint density at radius 2 is 2.11 bits per heavy atom. The van der Waals surface area contributed by atoms with Crippen LogP contribution in [0.2, 0.25) is 0 Å². The molecule has 4 rings (SSSR count). The van der Waals surface area contributed by atoms with Gasteiger partial charge < -0.3 is 14.8 Å². The minimum absolute atomic E-state index is 0.0164. The number of imidazole rings is 1. The van der Waals surface area contributed by atoms with Crippen LogP contribution < -0.4 is 10.1 Å². The molecule has 1 aromatic carbocycles. The number of benzene rings is 1. The summed E-state index contributed by atoms with van der Waals surface area (Å²) in [7, 11) is 0. The first-order chi connectivity index (χ1) is 13.2. The molecule has 0 bridgehead atoms. The third-order valence-corrected chi connectivity index (χ3v) is 4.34. The van der Waals surface area contributed by atoms with E-state index in [2.05, 4.69) is 20.3 Å². The quantitative estimate of drug-likeness (QED) is 0.748. The van der Waals surface area contributed by atoms with Gasteiger partial charge in [0.05, 0.1) is 12.5 Å². The minimum Gasteiger partial charge on any atom is -0.439 e. The van der Waals surface area contributed by atoms with Gasteiger partial charge >= 0.3 is 0 Å². The summed E-state index contributed by atoms with van der Waals surface area (Å²) in [5.41, 5.74) is 0.719. The smallest absolute Gasteiger partial charge is 0.229 e. The number of anilines is 1. The molecule has 3 heterocycles. The standard InChI is InChI=1S/C19H19N5O3/c1-13-20-7-8-24(13)17-10-18(22-12-21-17)27-16-4-2-15(3-5-16)23-19(25)14-6-9-26-11-14/h2-5,7-8,10,12,14H,6,9,11H2,1H3,(H,23,25). The molecule has 1 saturated heterocycles. The summed E-state index contributed by atoms with van der Waals surface area (Å²) in [5.74, 6) is 2.45. The van der Waals surface area contributed by atoms with Crippen LogP contribution in [0.1, 0.15) is 12.2 Å². The van der Waals surface area contributed by atoms with Gasteiger partial charge in [0.25, 0.3) is 0 Å². The lowest BCUT2D eigenvalue weighted by Crippen LogP contribution is -2.22. The van der Waals surface area contributed by atoms with E-state index in [-0.39, 0.29) is 11.8 Å². The normalized spacial score (nSPS) is 16.3. The first-order valence-corrected chi connectivity index (χ1v) is 8.68. The molecule has 1 amide bonds. The summed E-state index contributed by atoms with van der Waals surface area (Å²) >= 11 is 0. The second-order valence-electron chi connectivity index (χ2n) is 6.24. The molecular formula is C19H19N5O3. The number of hydrogen-bond donors (Lipinski definition) is 1. The SMILES string of the molecule is Cc1nccn1-c1cc(Oc2ccc(NC(=O)C3CCOC3)cc2)ncn1. The summed E-state index contributed by atoms with van der Waals surface area (Å²) in [5, 5.41) is 2.90. The van der Waals surface area contributed by atoms with E-state index in [1.54, 1.807) is 36.5 Å². The van der Waals surface area contributed by atoms with Crippen molar-refractivity contribution >= 4 is 11.6 Å². The van der Waals surface area contributed by atoms with E-state index in [9.17, 15) is 4.79 Å². The Morgan fingerprint density at radius 1 is 1.26 bits per heavy atom. The molecule has 1 fully saturated rings. The highest BCUT2D eigenvalue weighted by Gasteiger charge is 2.23. The second kappa shape index (κ2) is 7.55. The van der Waals surface area contributed by atoms with Gasteiger partial charge in [-0.2, -0.15) is 0 Å². The third kappa shape index (κ3) is 3.95. The molecule has 1 unspecified atom stereocenters. The van der Waals surface area contributed by atoms with Gasteiger partial charge in [-0.3, -0.25) is 9.36 Å². The van der Waals surface area contributed by atoms with Gasteiger partial charge in [0, 0.05) is 30.8 Å². The Balaban J connectivity index is 1.43. The van der Waals surface area contributed by atoms with Crippen LogP contribution >= 0.6 is 0 Å². The monoisotopic (exact) mass is 365 g/mol.